The molecule has 2 fully saturated rings. The van der Waals surface area contributed by atoms with Gasteiger partial charge in [-0.15, -0.1) is 0 Å². The summed E-state index contributed by atoms with van der Waals surface area (Å²) in [6.07, 6.45) is 5.43. The lowest BCUT2D eigenvalue weighted by molar-refractivity contribution is 0.0831. The average molecular weight is 401 g/mol. The van der Waals surface area contributed by atoms with Gasteiger partial charge in [0.25, 0.3) is 5.91 Å². The topological polar surface area (TPSA) is 87.1 Å². The third-order valence-electron chi connectivity index (χ3n) is 5.33. The van der Waals surface area contributed by atoms with Crippen LogP contribution in [0.25, 0.3) is 11.3 Å². The molecule has 148 valence electrons. The van der Waals surface area contributed by atoms with Gasteiger partial charge in [-0.3, -0.25) is 4.79 Å². The minimum atomic E-state index is -0.598. The molecule has 0 aliphatic heterocycles. The molecule has 2 atom stereocenters. The summed E-state index contributed by atoms with van der Waals surface area (Å²) >= 11 is 6.01. The van der Waals surface area contributed by atoms with E-state index in [0.717, 1.165) is 24.9 Å². The largest absolute Gasteiger partial charge is 0.391 e. The van der Waals surface area contributed by atoms with E-state index in [2.05, 4.69) is 20.6 Å². The average Bonchev–Trinajstić information content (AvgIpc) is 3.59. The van der Waals surface area contributed by atoms with Crippen molar-refractivity contribution in [2.24, 2.45) is 11.8 Å². The maximum atomic E-state index is 12.8. The Bertz CT molecular complexity index is 846. The summed E-state index contributed by atoms with van der Waals surface area (Å²) in [7, 11) is 0. The summed E-state index contributed by atoms with van der Waals surface area (Å²) in [5.41, 5.74) is 1.72. The molecular formula is C21H25ClN4O2. The number of nitrogens with zero attached hydrogens (tertiary/aromatic N) is 2. The lowest BCUT2D eigenvalue weighted by Crippen LogP contribution is -2.44. The Morgan fingerprint density at radius 2 is 1.96 bits per heavy atom. The van der Waals surface area contributed by atoms with Gasteiger partial charge in [-0.1, -0.05) is 23.7 Å². The third kappa shape index (κ3) is 4.62. The molecule has 1 aromatic carbocycles. The van der Waals surface area contributed by atoms with Crippen molar-refractivity contribution in [3.8, 4) is 11.3 Å². The molecule has 2 aromatic rings. The molecule has 3 N–H and O–H groups in total. The highest BCUT2D eigenvalue weighted by Crippen LogP contribution is 2.34. The molecule has 1 aromatic heterocycles. The Hall–Kier alpha value is -2.18. The summed E-state index contributed by atoms with van der Waals surface area (Å²) in [6, 6.07) is 7.10. The summed E-state index contributed by atoms with van der Waals surface area (Å²) in [4.78, 5) is 21.8. The van der Waals surface area contributed by atoms with Crippen LogP contribution in [-0.2, 0) is 0 Å². The van der Waals surface area contributed by atoms with Gasteiger partial charge in [0.05, 0.1) is 18.3 Å². The molecule has 1 unspecified atom stereocenters. The molecule has 28 heavy (non-hydrogen) atoms. The second-order valence-corrected chi connectivity index (χ2v) is 8.30. The summed E-state index contributed by atoms with van der Waals surface area (Å²) in [5, 5.41) is 16.9. The van der Waals surface area contributed by atoms with Gasteiger partial charge in [-0.25, -0.2) is 9.97 Å². The van der Waals surface area contributed by atoms with Crippen molar-refractivity contribution < 1.29 is 9.90 Å². The zero-order valence-electron chi connectivity index (χ0n) is 15.9. The van der Waals surface area contributed by atoms with Crippen LogP contribution in [0.2, 0.25) is 5.02 Å². The number of carbonyl (C=O) groups excluding carboxylic acids is 1. The lowest BCUT2D eigenvalue weighted by Gasteiger charge is -2.21. The highest BCUT2D eigenvalue weighted by molar-refractivity contribution is 6.30. The third-order valence-corrected chi connectivity index (χ3v) is 5.58. The minimum Gasteiger partial charge on any atom is -0.391 e. The van der Waals surface area contributed by atoms with E-state index in [1.807, 2.05) is 12.1 Å². The highest BCUT2D eigenvalue weighted by Gasteiger charge is 2.35. The van der Waals surface area contributed by atoms with E-state index in [4.69, 9.17) is 11.6 Å². The van der Waals surface area contributed by atoms with E-state index in [1.165, 1.54) is 19.0 Å². The van der Waals surface area contributed by atoms with Crippen LogP contribution in [0, 0.1) is 11.8 Å². The standard InChI is InChI=1S/C21H25ClN4O2/c1-12(27)18(14-4-5-14)26-21(28)17-11-24-20(23-10-13-2-3-13)19(25-17)15-6-8-16(22)9-7-15/h6-9,11-14,18,27H,2-5,10H2,1H3,(H,23,24)(H,26,28)/t12?,18-/m0/s1. The number of nitrogens with one attached hydrogen (secondary N) is 2. The van der Waals surface area contributed by atoms with Crippen LogP contribution in [-0.4, -0.2) is 39.7 Å². The van der Waals surface area contributed by atoms with Crippen LogP contribution in [0.4, 0.5) is 5.82 Å². The molecule has 0 radical (unpaired) electrons. The maximum Gasteiger partial charge on any atom is 0.271 e. The van der Waals surface area contributed by atoms with E-state index in [1.54, 1.807) is 19.1 Å². The molecule has 2 aliphatic carbocycles. The number of halogens is 1. The SMILES string of the molecule is CC(O)[C@H](NC(=O)c1cnc(NCC2CC2)c(-c2ccc(Cl)cc2)n1)C1CC1. The molecule has 0 spiro atoms. The monoisotopic (exact) mass is 400 g/mol. The van der Waals surface area contributed by atoms with Crippen molar-refractivity contribution in [3.05, 3.63) is 41.2 Å². The first-order chi connectivity index (χ1) is 13.5. The predicted octanol–water partition coefficient (Wildman–Crippen LogP) is 3.51. The molecule has 4 rings (SSSR count). The molecule has 0 bridgehead atoms. The number of amides is 1. The predicted molar refractivity (Wildman–Crippen MR) is 109 cm³/mol. The van der Waals surface area contributed by atoms with Gasteiger partial charge in [0, 0.05) is 17.1 Å². The molecule has 2 saturated carbocycles. The second-order valence-electron chi connectivity index (χ2n) is 7.86. The number of aliphatic hydroxyl groups is 1. The first-order valence-electron chi connectivity index (χ1n) is 9.87. The molecule has 6 nitrogen and oxygen atoms in total. The number of hydrogen-bond acceptors (Lipinski definition) is 5. The van der Waals surface area contributed by atoms with E-state index in [0.29, 0.717) is 28.4 Å². The molecule has 0 saturated heterocycles. The van der Waals surface area contributed by atoms with Crippen LogP contribution in [0.1, 0.15) is 43.1 Å². The second kappa shape index (κ2) is 8.05. The first kappa shape index (κ1) is 19.2. The smallest absolute Gasteiger partial charge is 0.271 e. The van der Waals surface area contributed by atoms with E-state index in [9.17, 15) is 9.90 Å². The van der Waals surface area contributed by atoms with Crippen molar-refractivity contribution >= 4 is 23.3 Å². The van der Waals surface area contributed by atoms with Gasteiger partial charge >= 0.3 is 0 Å². The van der Waals surface area contributed by atoms with Gasteiger partial charge in [0.2, 0.25) is 0 Å². The van der Waals surface area contributed by atoms with Crippen LogP contribution in [0.15, 0.2) is 30.5 Å². The Labute approximate surface area is 169 Å². The molecular weight excluding hydrogens is 376 g/mol. The van der Waals surface area contributed by atoms with Crippen molar-refractivity contribution in [2.75, 3.05) is 11.9 Å². The Kier molecular flexibility index (Phi) is 5.51. The fourth-order valence-corrected chi connectivity index (χ4v) is 3.44. The number of anilines is 1. The number of benzene rings is 1. The number of aliphatic hydroxyl groups excluding tert-OH is 1. The van der Waals surface area contributed by atoms with Gasteiger partial charge in [-0.2, -0.15) is 0 Å². The minimum absolute atomic E-state index is 0.244. The van der Waals surface area contributed by atoms with Crippen molar-refractivity contribution in [3.63, 3.8) is 0 Å². The van der Waals surface area contributed by atoms with Crippen LogP contribution >= 0.6 is 11.6 Å². The summed E-state index contributed by atoms with van der Waals surface area (Å²) < 4.78 is 0. The molecule has 7 heteroatoms. The molecule has 1 amide bonds. The van der Waals surface area contributed by atoms with Crippen molar-refractivity contribution in [2.45, 2.75) is 44.8 Å². The zero-order chi connectivity index (χ0) is 19.7. The first-order valence-corrected chi connectivity index (χ1v) is 10.2. The summed E-state index contributed by atoms with van der Waals surface area (Å²) in [5.74, 6) is 1.38. The highest BCUT2D eigenvalue weighted by atomic mass is 35.5. The van der Waals surface area contributed by atoms with Gasteiger partial charge in [-0.05, 0) is 56.6 Å². The van der Waals surface area contributed by atoms with E-state index < -0.39 is 6.10 Å². The number of carbonyl (C=O) groups is 1. The van der Waals surface area contributed by atoms with Crippen molar-refractivity contribution in [1.82, 2.24) is 15.3 Å². The van der Waals surface area contributed by atoms with Gasteiger partial charge in [0.15, 0.2) is 5.82 Å². The fourth-order valence-electron chi connectivity index (χ4n) is 3.31. The Morgan fingerprint density at radius 1 is 1.25 bits per heavy atom. The quantitative estimate of drug-likeness (QED) is 0.631. The Morgan fingerprint density at radius 3 is 2.57 bits per heavy atom. The number of hydrogen-bond donors (Lipinski definition) is 3. The number of aromatic nitrogens is 2. The molecule has 1 heterocycles. The molecule has 2 aliphatic rings. The van der Waals surface area contributed by atoms with Crippen LogP contribution in [0.5, 0.6) is 0 Å². The van der Waals surface area contributed by atoms with Crippen LogP contribution in [0.3, 0.4) is 0 Å². The Balaban J connectivity index is 1.59. The van der Waals surface area contributed by atoms with E-state index in [-0.39, 0.29) is 17.6 Å². The normalized spacial score (nSPS) is 18.4. The van der Waals surface area contributed by atoms with E-state index >= 15 is 0 Å². The van der Waals surface area contributed by atoms with Gasteiger partial charge < -0.3 is 15.7 Å². The van der Waals surface area contributed by atoms with Crippen LogP contribution < -0.4 is 10.6 Å². The fraction of sp³-hybridized carbons (Fsp3) is 0.476. The summed E-state index contributed by atoms with van der Waals surface area (Å²) in [6.45, 7) is 2.56. The van der Waals surface area contributed by atoms with Gasteiger partial charge in [0.1, 0.15) is 11.4 Å². The maximum absolute atomic E-state index is 12.8. The lowest BCUT2D eigenvalue weighted by atomic mass is 10.1. The zero-order valence-corrected chi connectivity index (χ0v) is 16.6. The van der Waals surface area contributed by atoms with Crippen molar-refractivity contribution in [1.29, 1.82) is 0 Å². The number of rotatable bonds is 8.